The second-order valence-corrected chi connectivity index (χ2v) is 8.04. The van der Waals surface area contributed by atoms with Crippen LogP contribution in [0.1, 0.15) is 22.8 Å². The first-order valence-electron chi connectivity index (χ1n) is 9.32. The molecule has 32 heavy (non-hydrogen) atoms. The summed E-state index contributed by atoms with van der Waals surface area (Å²) in [6.45, 7) is 1.65. The number of thioether (sulfide) groups is 1. The number of amides is 1. The molecule has 0 N–H and O–H groups in total. The van der Waals surface area contributed by atoms with Crippen LogP contribution in [0.15, 0.2) is 71.3 Å². The molecular formula is C22H16N2O6S2. The lowest BCUT2D eigenvalue weighted by Crippen LogP contribution is -2.26. The first kappa shape index (κ1) is 23.0. The summed E-state index contributed by atoms with van der Waals surface area (Å²) in [6.07, 6.45) is 2.54. The van der Waals surface area contributed by atoms with Gasteiger partial charge in [0.2, 0.25) is 5.78 Å². The molecular weight excluding hydrogens is 452 g/mol. The van der Waals surface area contributed by atoms with E-state index in [-0.39, 0.29) is 32.7 Å². The predicted molar refractivity (Wildman–Crippen MR) is 124 cm³/mol. The first-order chi connectivity index (χ1) is 15.3. The van der Waals surface area contributed by atoms with Crippen LogP contribution < -0.4 is 0 Å². The van der Waals surface area contributed by atoms with Gasteiger partial charge in [-0.25, -0.2) is 4.79 Å². The number of carbonyl (C=O) groups is 3. The first-order valence-corrected chi connectivity index (χ1v) is 10.5. The van der Waals surface area contributed by atoms with Gasteiger partial charge in [-0.15, -0.1) is 0 Å². The zero-order chi connectivity index (χ0) is 23.3. The Bertz CT molecular complexity index is 1170. The Labute approximate surface area is 192 Å². The minimum atomic E-state index is -0.877. The van der Waals surface area contributed by atoms with E-state index in [1.54, 1.807) is 43.3 Å². The molecule has 0 aromatic heterocycles. The topological polar surface area (TPSA) is 107 Å². The average molecular weight is 469 g/mol. The molecule has 1 fully saturated rings. The van der Waals surface area contributed by atoms with Gasteiger partial charge in [0.25, 0.3) is 11.6 Å². The number of nitrogens with zero attached hydrogens (tertiary/aromatic N) is 2. The maximum atomic E-state index is 12.9. The molecule has 0 spiro atoms. The van der Waals surface area contributed by atoms with Gasteiger partial charge in [-0.1, -0.05) is 66.4 Å². The molecule has 1 aliphatic rings. The Morgan fingerprint density at radius 2 is 1.91 bits per heavy atom. The molecule has 2 aromatic carbocycles. The van der Waals surface area contributed by atoms with Crippen LogP contribution in [0, 0.1) is 10.1 Å². The number of esters is 1. The van der Waals surface area contributed by atoms with Crippen LogP contribution in [-0.2, 0) is 14.3 Å². The maximum Gasteiger partial charge on any atom is 0.343 e. The Morgan fingerprint density at radius 1 is 1.19 bits per heavy atom. The summed E-state index contributed by atoms with van der Waals surface area (Å²) in [6, 6.07) is 13.9. The van der Waals surface area contributed by atoms with E-state index in [1.807, 2.05) is 0 Å². The number of rotatable bonds is 7. The fourth-order valence-electron chi connectivity index (χ4n) is 2.76. The van der Waals surface area contributed by atoms with E-state index in [2.05, 4.69) is 0 Å². The molecule has 1 saturated heterocycles. The second-order valence-electron chi connectivity index (χ2n) is 6.36. The van der Waals surface area contributed by atoms with E-state index in [0.29, 0.717) is 5.56 Å². The van der Waals surface area contributed by atoms with Crippen molar-refractivity contribution in [3.8, 4) is 0 Å². The normalized spacial score (nSPS) is 15.2. The number of nitro benzene ring substituents is 1. The van der Waals surface area contributed by atoms with E-state index in [4.69, 9.17) is 17.0 Å². The van der Waals surface area contributed by atoms with Crippen LogP contribution >= 0.6 is 24.0 Å². The lowest BCUT2D eigenvalue weighted by atomic mass is 10.0. The Kier molecular flexibility index (Phi) is 7.29. The number of hydrogen-bond donors (Lipinski definition) is 0. The van der Waals surface area contributed by atoms with Gasteiger partial charge in [-0.2, -0.15) is 0 Å². The van der Waals surface area contributed by atoms with Gasteiger partial charge in [0.1, 0.15) is 5.57 Å². The quantitative estimate of drug-likeness (QED) is 0.0873. The Balaban J connectivity index is 1.96. The number of non-ortho nitro benzene ring substituents is 1. The highest BCUT2D eigenvalue weighted by Crippen LogP contribution is 2.34. The van der Waals surface area contributed by atoms with Gasteiger partial charge in [-0.3, -0.25) is 24.6 Å². The van der Waals surface area contributed by atoms with Crippen LogP contribution in [0.3, 0.4) is 0 Å². The smallest absolute Gasteiger partial charge is 0.343 e. The molecule has 1 heterocycles. The molecule has 0 saturated carbocycles. The highest BCUT2D eigenvalue weighted by molar-refractivity contribution is 8.26. The molecule has 0 bridgehead atoms. The molecule has 0 radical (unpaired) electrons. The molecule has 1 aliphatic heterocycles. The summed E-state index contributed by atoms with van der Waals surface area (Å²) >= 11 is 6.22. The fourth-order valence-corrected chi connectivity index (χ4v) is 3.97. The number of hydrogen-bond acceptors (Lipinski definition) is 8. The van der Waals surface area contributed by atoms with Gasteiger partial charge in [-0.05, 0) is 18.6 Å². The van der Waals surface area contributed by atoms with Crippen molar-refractivity contribution in [2.24, 2.45) is 0 Å². The lowest BCUT2D eigenvalue weighted by Gasteiger charge is -2.12. The van der Waals surface area contributed by atoms with Crippen molar-refractivity contribution in [2.75, 3.05) is 6.61 Å². The Morgan fingerprint density at radius 3 is 2.56 bits per heavy atom. The van der Waals surface area contributed by atoms with E-state index >= 15 is 0 Å². The number of carbonyl (C=O) groups excluding carboxylic acids is 3. The third-order valence-corrected chi connectivity index (χ3v) is 5.57. The van der Waals surface area contributed by atoms with E-state index < -0.39 is 22.6 Å². The van der Waals surface area contributed by atoms with Crippen LogP contribution in [0.25, 0.3) is 6.08 Å². The van der Waals surface area contributed by atoms with Gasteiger partial charge >= 0.3 is 5.97 Å². The van der Waals surface area contributed by atoms with Crippen molar-refractivity contribution in [3.63, 3.8) is 0 Å². The molecule has 3 rings (SSSR count). The average Bonchev–Trinajstić information content (AvgIpc) is 3.04. The minimum absolute atomic E-state index is 0.0450. The molecule has 0 aliphatic carbocycles. The fraction of sp³-hybridized carbons (Fsp3) is 0.0909. The molecule has 0 unspecified atom stereocenters. The summed E-state index contributed by atoms with van der Waals surface area (Å²) in [5, 5.41) is 11.0. The molecule has 0 atom stereocenters. The SMILES string of the molecule is CCOC(=O)/C(=C/N1C(=O)/C(=C\c2cccc([N+](=O)[O-])c2)SC1=S)C(=O)c1ccccc1. The zero-order valence-electron chi connectivity index (χ0n) is 16.7. The molecule has 10 heteroatoms. The Hall–Kier alpha value is -3.63. The van der Waals surface area contributed by atoms with Crippen LogP contribution in [0.5, 0.6) is 0 Å². The number of thiocarbonyl (C=S) groups is 1. The van der Waals surface area contributed by atoms with Crippen molar-refractivity contribution in [1.29, 1.82) is 0 Å². The predicted octanol–water partition coefficient (Wildman–Crippen LogP) is 4.13. The highest BCUT2D eigenvalue weighted by Gasteiger charge is 2.33. The zero-order valence-corrected chi connectivity index (χ0v) is 18.4. The number of benzene rings is 2. The summed E-state index contributed by atoms with van der Waals surface area (Å²) in [5.74, 6) is -2.05. The summed E-state index contributed by atoms with van der Waals surface area (Å²) in [7, 11) is 0. The number of ether oxygens (including phenoxy) is 1. The summed E-state index contributed by atoms with van der Waals surface area (Å²) < 4.78 is 5.10. The maximum absolute atomic E-state index is 12.9. The standard InChI is InChI=1S/C22H16N2O6S2/c1-2-30-21(27)17(19(25)15-8-4-3-5-9-15)13-23-20(26)18(32-22(23)31)12-14-7-6-10-16(11-14)24(28)29/h3-13H,2H2,1H3/b17-13+,18-12+. The minimum Gasteiger partial charge on any atom is -0.462 e. The van der Waals surface area contributed by atoms with Crippen molar-refractivity contribution >= 4 is 57.7 Å². The van der Waals surface area contributed by atoms with Crippen molar-refractivity contribution in [1.82, 2.24) is 4.90 Å². The van der Waals surface area contributed by atoms with Crippen LogP contribution in [-0.4, -0.2) is 38.4 Å². The van der Waals surface area contributed by atoms with E-state index in [0.717, 1.165) is 22.9 Å². The molecule has 2 aromatic rings. The van der Waals surface area contributed by atoms with Gasteiger partial charge in [0, 0.05) is 23.9 Å². The molecule has 1 amide bonds. The molecule has 162 valence electrons. The molecule has 8 nitrogen and oxygen atoms in total. The third-order valence-electron chi connectivity index (χ3n) is 4.24. The van der Waals surface area contributed by atoms with Gasteiger partial charge < -0.3 is 4.74 Å². The number of ketones is 1. The van der Waals surface area contributed by atoms with Crippen LogP contribution in [0.4, 0.5) is 5.69 Å². The second kappa shape index (κ2) is 10.1. The van der Waals surface area contributed by atoms with Crippen LogP contribution in [0.2, 0.25) is 0 Å². The van der Waals surface area contributed by atoms with E-state index in [1.165, 1.54) is 24.3 Å². The van der Waals surface area contributed by atoms with Crippen molar-refractivity contribution in [2.45, 2.75) is 6.92 Å². The highest BCUT2D eigenvalue weighted by atomic mass is 32.2. The van der Waals surface area contributed by atoms with E-state index in [9.17, 15) is 24.5 Å². The number of Topliss-reactive ketones (excluding diaryl/α,β-unsaturated/α-hetero) is 1. The lowest BCUT2D eigenvalue weighted by molar-refractivity contribution is -0.384. The third kappa shape index (κ3) is 5.16. The largest absolute Gasteiger partial charge is 0.462 e. The van der Waals surface area contributed by atoms with Gasteiger partial charge in [0.15, 0.2) is 4.32 Å². The van der Waals surface area contributed by atoms with Gasteiger partial charge in [0.05, 0.1) is 16.4 Å². The summed E-state index contributed by atoms with van der Waals surface area (Å²) in [4.78, 5) is 49.9. The number of nitro groups is 1. The van der Waals surface area contributed by atoms with Crippen molar-refractivity contribution in [3.05, 3.63) is 92.5 Å². The summed E-state index contributed by atoms with van der Waals surface area (Å²) in [5.41, 5.74) is 0.233. The van der Waals surface area contributed by atoms with Crippen molar-refractivity contribution < 1.29 is 24.0 Å². The monoisotopic (exact) mass is 468 g/mol.